The fourth-order valence-electron chi connectivity index (χ4n) is 8.93. The fraction of sp³-hybridized carbons (Fsp3) is 0.231. The van der Waals surface area contributed by atoms with E-state index in [2.05, 4.69) is 6.08 Å². The van der Waals surface area contributed by atoms with E-state index in [1.165, 1.54) is 18.0 Å². The van der Waals surface area contributed by atoms with Gasteiger partial charge in [0.1, 0.15) is 5.75 Å². The number of hydrogen-bond donors (Lipinski definition) is 1. The van der Waals surface area contributed by atoms with Gasteiger partial charge in [-0.15, -0.1) is 0 Å². The summed E-state index contributed by atoms with van der Waals surface area (Å²) in [6.45, 7) is 0. The van der Waals surface area contributed by atoms with Crippen molar-refractivity contribution in [3.8, 4) is 5.75 Å². The third kappa shape index (κ3) is 3.68. The van der Waals surface area contributed by atoms with Gasteiger partial charge in [0, 0.05) is 29.8 Å². The zero-order valence-corrected chi connectivity index (χ0v) is 24.7. The van der Waals surface area contributed by atoms with Crippen molar-refractivity contribution in [2.75, 3.05) is 7.05 Å². The number of hydrogen-bond acceptors (Lipinski definition) is 5. The highest BCUT2D eigenvalue weighted by Gasteiger charge is 2.65. The first-order valence-corrected chi connectivity index (χ1v) is 15.5. The molecule has 222 valence electrons. The first-order chi connectivity index (χ1) is 21.8. The number of rotatable bonds is 3. The Bertz CT molecular complexity index is 1990. The van der Waals surface area contributed by atoms with Gasteiger partial charge >= 0.3 is 0 Å². The number of amides is 2. The summed E-state index contributed by atoms with van der Waals surface area (Å²) < 4.78 is 0. The van der Waals surface area contributed by atoms with Crippen molar-refractivity contribution in [2.45, 2.75) is 24.2 Å². The average molecular weight is 594 g/mol. The molecular formula is C39H31NO5. The first kappa shape index (κ1) is 27.4. The summed E-state index contributed by atoms with van der Waals surface area (Å²) in [6, 6.07) is 29.9. The van der Waals surface area contributed by atoms with E-state index in [-0.39, 0.29) is 35.6 Å². The predicted octanol–water partition coefficient (Wildman–Crippen LogP) is 6.00. The van der Waals surface area contributed by atoms with Crippen LogP contribution in [0.3, 0.4) is 0 Å². The molecule has 1 saturated heterocycles. The van der Waals surface area contributed by atoms with Gasteiger partial charge in [0.05, 0.1) is 17.3 Å². The van der Waals surface area contributed by atoms with Crippen molar-refractivity contribution < 1.29 is 24.3 Å². The molecule has 6 nitrogen and oxygen atoms in total. The maximum atomic E-state index is 15.1. The lowest BCUT2D eigenvalue weighted by molar-refractivity contribution is -0.139. The number of nitrogens with zero attached hydrogens (tertiary/aromatic N) is 1. The van der Waals surface area contributed by atoms with Gasteiger partial charge in [0.15, 0.2) is 11.6 Å². The molecule has 0 bridgehead atoms. The lowest BCUT2D eigenvalue weighted by Crippen LogP contribution is -2.58. The molecule has 0 aromatic heterocycles. The van der Waals surface area contributed by atoms with Crippen molar-refractivity contribution in [1.29, 1.82) is 0 Å². The quantitative estimate of drug-likeness (QED) is 0.232. The van der Waals surface area contributed by atoms with Crippen LogP contribution in [0, 0.1) is 23.7 Å². The fourth-order valence-corrected chi connectivity index (χ4v) is 8.93. The highest BCUT2D eigenvalue weighted by atomic mass is 16.3. The van der Waals surface area contributed by atoms with E-state index in [1.54, 1.807) is 6.07 Å². The van der Waals surface area contributed by atoms with Crippen molar-refractivity contribution in [2.24, 2.45) is 23.7 Å². The second-order valence-electron chi connectivity index (χ2n) is 12.7. The van der Waals surface area contributed by atoms with E-state index in [9.17, 15) is 19.5 Å². The van der Waals surface area contributed by atoms with E-state index in [0.717, 1.165) is 22.1 Å². The number of phenolic OH excluding ortho intramolecular Hbond substituents is 1. The smallest absolute Gasteiger partial charge is 0.233 e. The molecule has 1 aliphatic heterocycles. The molecule has 2 amide bonds. The molecule has 8 rings (SSSR count). The van der Waals surface area contributed by atoms with E-state index >= 15 is 4.79 Å². The van der Waals surface area contributed by atoms with Crippen LogP contribution in [0.1, 0.15) is 35.4 Å². The Labute approximate surface area is 260 Å². The van der Waals surface area contributed by atoms with E-state index in [1.807, 2.05) is 91.0 Å². The SMILES string of the molecule is CN1C(=O)[C@H]2[C@H](CC=C3[C@H]2C[C@H]2C(=O)C(c4ccccc4)=CC(=O)[C@@]2(c2ccccc2)[C@H]3c2ccc(O)c3ccccc23)C1=O. The van der Waals surface area contributed by atoms with Crippen LogP contribution >= 0.6 is 0 Å². The number of carbonyl (C=O) groups is 4. The number of allylic oxidation sites excluding steroid dienone is 4. The zero-order chi connectivity index (χ0) is 31.0. The monoisotopic (exact) mass is 593 g/mol. The summed E-state index contributed by atoms with van der Waals surface area (Å²) in [5.41, 5.74) is 2.22. The van der Waals surface area contributed by atoms with E-state index < -0.39 is 35.0 Å². The largest absolute Gasteiger partial charge is 0.507 e. The van der Waals surface area contributed by atoms with Gasteiger partial charge in [-0.05, 0) is 53.0 Å². The van der Waals surface area contributed by atoms with Crippen molar-refractivity contribution >= 4 is 39.7 Å². The highest BCUT2D eigenvalue weighted by Crippen LogP contribution is 2.64. The number of fused-ring (bicyclic) bond motifs is 5. The molecule has 45 heavy (non-hydrogen) atoms. The Morgan fingerprint density at radius 1 is 0.756 bits per heavy atom. The van der Waals surface area contributed by atoms with E-state index in [0.29, 0.717) is 22.9 Å². The normalized spacial score (nSPS) is 29.2. The van der Waals surface area contributed by atoms with Gasteiger partial charge in [-0.2, -0.15) is 0 Å². The van der Waals surface area contributed by atoms with Gasteiger partial charge < -0.3 is 5.11 Å². The van der Waals surface area contributed by atoms with Crippen LogP contribution in [0.15, 0.2) is 115 Å². The molecule has 1 heterocycles. The highest BCUT2D eigenvalue weighted by molar-refractivity contribution is 6.31. The summed E-state index contributed by atoms with van der Waals surface area (Å²) in [5.74, 6) is -3.49. The summed E-state index contributed by atoms with van der Waals surface area (Å²) in [7, 11) is 1.54. The lowest BCUT2D eigenvalue weighted by Gasteiger charge is -2.55. The van der Waals surface area contributed by atoms with Crippen molar-refractivity contribution in [1.82, 2.24) is 4.90 Å². The number of Topliss-reactive ketones (excluding diaryl/α,β-unsaturated/α-hetero) is 1. The Morgan fingerprint density at radius 2 is 1.42 bits per heavy atom. The Morgan fingerprint density at radius 3 is 2.16 bits per heavy atom. The van der Waals surface area contributed by atoms with Crippen molar-refractivity contribution in [3.63, 3.8) is 0 Å². The molecule has 4 aromatic carbocycles. The van der Waals surface area contributed by atoms with Gasteiger partial charge in [-0.25, -0.2) is 0 Å². The molecule has 6 atom stereocenters. The van der Waals surface area contributed by atoms with Crippen LogP contribution in [0.25, 0.3) is 16.3 Å². The summed E-state index contributed by atoms with van der Waals surface area (Å²) in [4.78, 5) is 58.2. The van der Waals surface area contributed by atoms with E-state index in [4.69, 9.17) is 0 Å². The van der Waals surface area contributed by atoms with Gasteiger partial charge in [-0.1, -0.05) is 103 Å². The molecule has 6 heteroatoms. The summed E-state index contributed by atoms with van der Waals surface area (Å²) in [6.07, 6.45) is 4.26. The Balaban J connectivity index is 1.46. The predicted molar refractivity (Wildman–Crippen MR) is 170 cm³/mol. The minimum atomic E-state index is -1.30. The number of benzene rings is 4. The maximum Gasteiger partial charge on any atom is 0.233 e. The third-order valence-corrected chi connectivity index (χ3v) is 10.8. The minimum absolute atomic E-state index is 0.125. The molecular weight excluding hydrogens is 562 g/mol. The van der Waals surface area contributed by atoms with Crippen molar-refractivity contribution in [3.05, 3.63) is 131 Å². The molecule has 0 radical (unpaired) electrons. The van der Waals surface area contributed by atoms with Gasteiger partial charge in [0.25, 0.3) is 0 Å². The zero-order valence-electron chi connectivity index (χ0n) is 24.7. The molecule has 1 N–H and O–H groups in total. The first-order valence-electron chi connectivity index (χ1n) is 15.5. The molecule has 2 fully saturated rings. The van der Waals surface area contributed by atoms with Gasteiger partial charge in [0.2, 0.25) is 11.8 Å². The molecule has 0 spiro atoms. The Hall–Kier alpha value is -5.10. The summed E-state index contributed by atoms with van der Waals surface area (Å²) in [5, 5.41) is 12.3. The van der Waals surface area contributed by atoms with Crippen LogP contribution in [0.4, 0.5) is 0 Å². The molecule has 1 saturated carbocycles. The molecule has 4 aromatic rings. The van der Waals surface area contributed by atoms with Crippen LogP contribution < -0.4 is 0 Å². The minimum Gasteiger partial charge on any atom is -0.507 e. The van der Waals surface area contributed by atoms with Crippen LogP contribution in [-0.4, -0.2) is 40.4 Å². The number of imide groups is 1. The van der Waals surface area contributed by atoms with Crippen LogP contribution in [0.2, 0.25) is 0 Å². The van der Waals surface area contributed by atoms with Crippen LogP contribution in [0.5, 0.6) is 5.75 Å². The average Bonchev–Trinajstić information content (AvgIpc) is 3.30. The second-order valence-corrected chi connectivity index (χ2v) is 12.7. The molecule has 4 aliphatic rings. The lowest BCUT2D eigenvalue weighted by atomic mass is 9.44. The van der Waals surface area contributed by atoms with Crippen LogP contribution in [-0.2, 0) is 24.6 Å². The molecule has 0 unspecified atom stereocenters. The number of ketones is 2. The summed E-state index contributed by atoms with van der Waals surface area (Å²) >= 11 is 0. The number of aromatic hydroxyl groups is 1. The maximum absolute atomic E-state index is 15.1. The number of phenols is 1. The number of likely N-dealkylation sites (tertiary alicyclic amines) is 1. The van der Waals surface area contributed by atoms with Gasteiger partial charge in [-0.3, -0.25) is 24.1 Å². The second kappa shape index (κ2) is 9.96. The molecule has 3 aliphatic carbocycles. The standard InChI is InChI=1S/C39H31NO5/c1-40-37(44)28-17-16-27-30(34(28)38(40)45)20-31-36(43)29(22-10-4-2-5-11-22)21-33(42)39(31,23-12-6-3-7-13-23)35(27)26-18-19-32(41)25-15-9-8-14-24(25)26/h2-16,18-19,21,28,30-31,34-35,41H,17,20H2,1H3/t28-,30+,31-,34-,35-,39-/m0/s1. The Kier molecular flexibility index (Phi) is 6.08. The third-order valence-electron chi connectivity index (χ3n) is 10.8. The topological polar surface area (TPSA) is 91.8 Å². The number of carbonyl (C=O) groups excluding carboxylic acids is 4.